The molecule has 8 heteroatoms. The van der Waals surface area contributed by atoms with E-state index in [0.717, 1.165) is 5.56 Å². The van der Waals surface area contributed by atoms with E-state index >= 15 is 0 Å². The summed E-state index contributed by atoms with van der Waals surface area (Å²) in [7, 11) is -1.40. The number of para-hydroxylation sites is 1. The minimum Gasteiger partial charge on any atom is -0.334 e. The molecule has 2 aromatic heterocycles. The highest BCUT2D eigenvalue weighted by atomic mass is 32.2. The zero-order chi connectivity index (χ0) is 16.1. The van der Waals surface area contributed by atoms with Gasteiger partial charge in [-0.25, -0.2) is 0 Å². The van der Waals surface area contributed by atoms with Gasteiger partial charge in [-0.05, 0) is 23.6 Å². The highest BCUT2D eigenvalue weighted by Crippen LogP contribution is 2.20. The first kappa shape index (κ1) is 15.6. The van der Waals surface area contributed by atoms with Gasteiger partial charge in [0.1, 0.15) is 5.75 Å². The Bertz CT molecular complexity index is 801. The maximum absolute atomic E-state index is 12.0. The monoisotopic (exact) mass is 347 g/mol. The summed E-state index contributed by atoms with van der Waals surface area (Å²) in [6, 6.07) is 10.9. The number of aromatic nitrogens is 2. The van der Waals surface area contributed by atoms with Gasteiger partial charge in [0.2, 0.25) is 5.91 Å². The van der Waals surface area contributed by atoms with Crippen molar-refractivity contribution in [1.29, 1.82) is 0 Å². The first-order valence-electron chi connectivity index (χ1n) is 6.76. The van der Waals surface area contributed by atoms with Gasteiger partial charge in [0.05, 0.1) is 11.3 Å². The Morgan fingerprint density at radius 2 is 2.09 bits per heavy atom. The molecule has 1 atom stereocenters. The Kier molecular flexibility index (Phi) is 4.94. The number of hydrogen-bond acceptors (Lipinski definition) is 6. The molecule has 0 bridgehead atoms. The second-order valence-electron chi connectivity index (χ2n) is 4.67. The standard InChI is InChI=1S/C15H13N3O3S2/c19-14(16-12-4-2-1-3-5-12)10-23(20)9-13-17-15(21-18-13)11-6-7-22-8-11/h1-8H,9-10H2,(H,16,19)/t23-/m0/s1. The number of anilines is 1. The molecule has 0 unspecified atom stereocenters. The van der Waals surface area contributed by atoms with Crippen LogP contribution < -0.4 is 5.32 Å². The van der Waals surface area contributed by atoms with Crippen LogP contribution >= 0.6 is 11.3 Å². The summed E-state index contributed by atoms with van der Waals surface area (Å²) in [5.41, 5.74) is 1.51. The summed E-state index contributed by atoms with van der Waals surface area (Å²) in [6.07, 6.45) is 0. The van der Waals surface area contributed by atoms with Crippen LogP contribution in [0.2, 0.25) is 0 Å². The van der Waals surface area contributed by atoms with Crippen LogP contribution in [0.25, 0.3) is 11.5 Å². The number of nitrogens with one attached hydrogen (secondary N) is 1. The summed E-state index contributed by atoms with van der Waals surface area (Å²) in [5, 5.41) is 10.3. The minimum absolute atomic E-state index is 0.0792. The average molecular weight is 347 g/mol. The summed E-state index contributed by atoms with van der Waals surface area (Å²) >= 11 is 1.53. The normalized spacial score (nSPS) is 12.0. The van der Waals surface area contributed by atoms with Crippen molar-refractivity contribution in [2.45, 2.75) is 5.75 Å². The van der Waals surface area contributed by atoms with Crippen LogP contribution in [0.5, 0.6) is 0 Å². The second-order valence-corrected chi connectivity index (χ2v) is 6.91. The fourth-order valence-electron chi connectivity index (χ4n) is 1.88. The van der Waals surface area contributed by atoms with E-state index in [0.29, 0.717) is 17.4 Å². The Labute approximate surface area is 139 Å². The van der Waals surface area contributed by atoms with Crippen molar-refractivity contribution >= 4 is 33.7 Å². The van der Waals surface area contributed by atoms with Gasteiger partial charge in [0.15, 0.2) is 5.82 Å². The summed E-state index contributed by atoms with van der Waals surface area (Å²) < 4.78 is 17.2. The molecule has 0 radical (unpaired) electrons. The molecular weight excluding hydrogens is 334 g/mol. The Morgan fingerprint density at radius 1 is 1.26 bits per heavy atom. The maximum atomic E-state index is 12.0. The highest BCUT2D eigenvalue weighted by molar-refractivity contribution is 7.84. The largest absolute Gasteiger partial charge is 0.334 e. The second kappa shape index (κ2) is 7.30. The number of benzene rings is 1. The van der Waals surface area contributed by atoms with E-state index in [-0.39, 0.29) is 17.4 Å². The van der Waals surface area contributed by atoms with E-state index in [9.17, 15) is 9.00 Å². The van der Waals surface area contributed by atoms with Gasteiger partial charge >= 0.3 is 0 Å². The van der Waals surface area contributed by atoms with Crippen LogP contribution in [0.4, 0.5) is 5.69 Å². The fraction of sp³-hybridized carbons (Fsp3) is 0.133. The fourth-order valence-corrected chi connectivity index (χ4v) is 3.38. The van der Waals surface area contributed by atoms with E-state index in [4.69, 9.17) is 4.52 Å². The molecule has 6 nitrogen and oxygen atoms in total. The third-order valence-electron chi connectivity index (χ3n) is 2.88. The quantitative estimate of drug-likeness (QED) is 0.741. The molecule has 0 spiro atoms. The molecule has 1 amide bonds. The van der Waals surface area contributed by atoms with Crippen LogP contribution in [0.1, 0.15) is 5.82 Å². The lowest BCUT2D eigenvalue weighted by Crippen LogP contribution is -2.20. The molecule has 0 aliphatic heterocycles. The van der Waals surface area contributed by atoms with Crippen molar-refractivity contribution in [3.05, 3.63) is 53.0 Å². The van der Waals surface area contributed by atoms with E-state index in [1.54, 1.807) is 12.1 Å². The molecule has 118 valence electrons. The van der Waals surface area contributed by atoms with E-state index in [2.05, 4.69) is 15.5 Å². The molecule has 0 aliphatic carbocycles. The lowest BCUT2D eigenvalue weighted by Gasteiger charge is -2.03. The minimum atomic E-state index is -1.40. The number of hydrogen-bond donors (Lipinski definition) is 1. The zero-order valence-corrected chi connectivity index (χ0v) is 13.6. The third-order valence-corrected chi connectivity index (χ3v) is 4.72. The van der Waals surface area contributed by atoms with E-state index in [1.165, 1.54) is 11.3 Å². The molecule has 23 heavy (non-hydrogen) atoms. The van der Waals surface area contributed by atoms with Crippen molar-refractivity contribution in [3.8, 4) is 11.5 Å². The smallest absolute Gasteiger partial charge is 0.258 e. The third kappa shape index (κ3) is 4.33. The van der Waals surface area contributed by atoms with Crippen molar-refractivity contribution in [3.63, 3.8) is 0 Å². The number of carbonyl (C=O) groups excluding carboxylic acids is 1. The molecular formula is C15H13N3O3S2. The van der Waals surface area contributed by atoms with Gasteiger partial charge in [0, 0.05) is 21.9 Å². The Morgan fingerprint density at radius 3 is 2.83 bits per heavy atom. The van der Waals surface area contributed by atoms with Gasteiger partial charge in [-0.1, -0.05) is 23.4 Å². The lowest BCUT2D eigenvalue weighted by atomic mass is 10.3. The van der Waals surface area contributed by atoms with Crippen LogP contribution in [0.15, 0.2) is 51.7 Å². The van der Waals surface area contributed by atoms with Gasteiger partial charge in [-0.2, -0.15) is 16.3 Å². The van der Waals surface area contributed by atoms with Crippen molar-refractivity contribution < 1.29 is 13.5 Å². The summed E-state index contributed by atoms with van der Waals surface area (Å²) in [6.45, 7) is 0. The molecule has 3 aromatic rings. The molecule has 1 aromatic carbocycles. The van der Waals surface area contributed by atoms with Gasteiger partial charge < -0.3 is 9.84 Å². The number of thiophene rings is 1. The predicted molar refractivity (Wildman–Crippen MR) is 89.4 cm³/mol. The van der Waals surface area contributed by atoms with Crippen LogP contribution in [-0.2, 0) is 21.3 Å². The van der Waals surface area contributed by atoms with Crippen molar-refractivity contribution in [1.82, 2.24) is 10.1 Å². The van der Waals surface area contributed by atoms with Gasteiger partial charge in [0.25, 0.3) is 5.89 Å². The first-order valence-corrected chi connectivity index (χ1v) is 9.19. The number of amides is 1. The van der Waals surface area contributed by atoms with Gasteiger partial charge in [-0.15, -0.1) is 0 Å². The molecule has 1 N–H and O–H groups in total. The number of rotatable bonds is 6. The van der Waals surface area contributed by atoms with Crippen molar-refractivity contribution in [2.24, 2.45) is 0 Å². The molecule has 0 saturated heterocycles. The number of carbonyl (C=O) groups is 1. The number of nitrogens with zero attached hydrogens (tertiary/aromatic N) is 2. The van der Waals surface area contributed by atoms with Gasteiger partial charge in [-0.3, -0.25) is 9.00 Å². The molecule has 0 fully saturated rings. The highest BCUT2D eigenvalue weighted by Gasteiger charge is 2.14. The summed E-state index contributed by atoms with van der Waals surface area (Å²) in [4.78, 5) is 16.0. The van der Waals surface area contributed by atoms with Crippen LogP contribution in [0, 0.1) is 0 Å². The van der Waals surface area contributed by atoms with Crippen LogP contribution in [-0.4, -0.2) is 26.0 Å². The van der Waals surface area contributed by atoms with Crippen LogP contribution in [0.3, 0.4) is 0 Å². The average Bonchev–Trinajstić information content (AvgIpc) is 3.18. The Balaban J connectivity index is 1.54. The molecule has 2 heterocycles. The molecule has 0 saturated carbocycles. The maximum Gasteiger partial charge on any atom is 0.258 e. The Hall–Kier alpha value is -2.32. The van der Waals surface area contributed by atoms with E-state index < -0.39 is 10.8 Å². The topological polar surface area (TPSA) is 85.1 Å². The van der Waals surface area contributed by atoms with E-state index in [1.807, 2.05) is 35.0 Å². The lowest BCUT2D eigenvalue weighted by molar-refractivity contribution is -0.113. The predicted octanol–water partition coefficient (Wildman–Crippen LogP) is 2.69. The summed E-state index contributed by atoms with van der Waals surface area (Å²) in [5.74, 6) is 0.382. The SMILES string of the molecule is O=C(C[S@@](=O)Cc1noc(-c2ccsc2)n1)Nc1ccccc1. The zero-order valence-electron chi connectivity index (χ0n) is 12.0. The van der Waals surface area contributed by atoms with Crippen molar-refractivity contribution in [2.75, 3.05) is 11.1 Å². The first-order chi connectivity index (χ1) is 11.2. The molecule has 0 aliphatic rings. The molecule has 3 rings (SSSR count).